The first kappa shape index (κ1) is 26.9. The van der Waals surface area contributed by atoms with Gasteiger partial charge in [0.15, 0.2) is 0 Å². The van der Waals surface area contributed by atoms with E-state index in [9.17, 15) is 22.8 Å². The number of sulfonamides is 1. The molecule has 0 aliphatic carbocycles. The van der Waals surface area contributed by atoms with Crippen molar-refractivity contribution in [3.63, 3.8) is 0 Å². The van der Waals surface area contributed by atoms with Crippen molar-refractivity contribution in [2.75, 3.05) is 31.1 Å². The SMILES string of the molecule is CCOC(=O)N1CCC(NC(=O)[C@@H](NS(=O)(=O)c2ccc3c(c2)CCN3C(=O)CC)C(C)C)CC1. The molecular formula is C24H36N4O6S. The van der Waals surface area contributed by atoms with Crippen LogP contribution in [0.4, 0.5) is 10.5 Å². The number of carbonyl (C=O) groups excluding carboxylic acids is 3. The summed E-state index contributed by atoms with van der Waals surface area (Å²) in [6.45, 7) is 8.89. The topological polar surface area (TPSA) is 125 Å². The number of piperidine rings is 1. The van der Waals surface area contributed by atoms with Crippen LogP contribution in [0.2, 0.25) is 0 Å². The third-order valence-electron chi connectivity index (χ3n) is 6.46. The van der Waals surface area contributed by atoms with Crippen LogP contribution >= 0.6 is 0 Å². The number of nitrogens with one attached hydrogen (secondary N) is 2. The number of nitrogens with zero attached hydrogens (tertiary/aromatic N) is 2. The first-order chi connectivity index (χ1) is 16.6. The van der Waals surface area contributed by atoms with Gasteiger partial charge in [-0.1, -0.05) is 20.8 Å². The molecule has 35 heavy (non-hydrogen) atoms. The van der Waals surface area contributed by atoms with E-state index >= 15 is 0 Å². The molecule has 1 saturated heterocycles. The third-order valence-corrected chi connectivity index (χ3v) is 7.90. The summed E-state index contributed by atoms with van der Waals surface area (Å²) in [5.41, 5.74) is 1.54. The van der Waals surface area contributed by atoms with E-state index in [1.807, 2.05) is 0 Å². The predicted molar refractivity (Wildman–Crippen MR) is 131 cm³/mol. The summed E-state index contributed by atoms with van der Waals surface area (Å²) in [6, 6.07) is 3.62. The first-order valence-electron chi connectivity index (χ1n) is 12.2. The molecule has 0 aromatic heterocycles. The first-order valence-corrected chi connectivity index (χ1v) is 13.7. The number of ether oxygens (including phenoxy) is 1. The number of fused-ring (bicyclic) bond motifs is 1. The lowest BCUT2D eigenvalue weighted by Gasteiger charge is -2.33. The molecule has 3 rings (SSSR count). The number of amides is 3. The van der Waals surface area contributed by atoms with Gasteiger partial charge in [0.25, 0.3) is 0 Å². The van der Waals surface area contributed by atoms with E-state index in [2.05, 4.69) is 10.0 Å². The fourth-order valence-electron chi connectivity index (χ4n) is 4.43. The Morgan fingerprint density at radius 3 is 2.40 bits per heavy atom. The average molecular weight is 509 g/mol. The van der Waals surface area contributed by atoms with Crippen LogP contribution in [0.3, 0.4) is 0 Å². The average Bonchev–Trinajstić information content (AvgIpc) is 3.26. The molecule has 1 aromatic rings. The molecule has 1 atom stereocenters. The van der Waals surface area contributed by atoms with Crippen LogP contribution in [-0.4, -0.2) is 69.6 Å². The standard InChI is InChI=1S/C24H36N4O6S/c1-5-21(29)28-14-9-17-15-19(7-8-20(17)28)35(32,33)26-22(16(3)4)23(30)25-18-10-12-27(13-11-18)24(31)34-6-2/h7-8,15-16,18,22,26H,5-6,9-14H2,1-4H3,(H,25,30)/t22-/m0/s1. The van der Waals surface area contributed by atoms with E-state index in [-0.39, 0.29) is 34.8 Å². The van der Waals surface area contributed by atoms with Crippen LogP contribution in [0.1, 0.15) is 52.5 Å². The Hall–Kier alpha value is -2.66. The van der Waals surface area contributed by atoms with Crippen LogP contribution in [0.5, 0.6) is 0 Å². The van der Waals surface area contributed by atoms with Crippen molar-refractivity contribution in [1.82, 2.24) is 14.9 Å². The van der Waals surface area contributed by atoms with E-state index in [0.29, 0.717) is 51.9 Å². The molecule has 2 heterocycles. The Bertz CT molecular complexity index is 1050. The molecule has 1 aromatic carbocycles. The Balaban J connectivity index is 1.65. The zero-order valence-electron chi connectivity index (χ0n) is 20.9. The maximum absolute atomic E-state index is 13.2. The van der Waals surface area contributed by atoms with Crippen LogP contribution in [0.15, 0.2) is 23.1 Å². The molecule has 10 nitrogen and oxygen atoms in total. The Kier molecular flexibility index (Phi) is 8.76. The molecule has 2 aliphatic heterocycles. The van der Waals surface area contributed by atoms with Crippen LogP contribution in [-0.2, 0) is 30.8 Å². The van der Waals surface area contributed by atoms with Crippen molar-refractivity contribution in [2.24, 2.45) is 5.92 Å². The number of anilines is 1. The number of carbonyl (C=O) groups is 3. The molecule has 1 fully saturated rings. The highest BCUT2D eigenvalue weighted by Crippen LogP contribution is 2.30. The van der Waals surface area contributed by atoms with Gasteiger partial charge in [-0.25, -0.2) is 13.2 Å². The number of hydrogen-bond acceptors (Lipinski definition) is 6. The maximum atomic E-state index is 13.2. The van der Waals surface area contributed by atoms with Gasteiger partial charge in [-0.2, -0.15) is 4.72 Å². The van der Waals surface area contributed by atoms with E-state index in [1.54, 1.807) is 49.6 Å². The molecule has 0 bridgehead atoms. The number of likely N-dealkylation sites (tertiary alicyclic amines) is 1. The second-order valence-electron chi connectivity index (χ2n) is 9.25. The minimum absolute atomic E-state index is 0.00196. The van der Waals surface area contributed by atoms with Gasteiger partial charge in [0.1, 0.15) is 6.04 Å². The van der Waals surface area contributed by atoms with Gasteiger partial charge in [-0.3, -0.25) is 9.59 Å². The number of hydrogen-bond donors (Lipinski definition) is 2. The minimum atomic E-state index is -3.97. The van der Waals surface area contributed by atoms with Gasteiger partial charge in [-0.15, -0.1) is 0 Å². The van der Waals surface area contributed by atoms with Crippen molar-refractivity contribution in [2.45, 2.75) is 70.4 Å². The van der Waals surface area contributed by atoms with E-state index in [0.717, 1.165) is 11.3 Å². The zero-order valence-corrected chi connectivity index (χ0v) is 21.7. The fourth-order valence-corrected chi connectivity index (χ4v) is 5.83. The lowest BCUT2D eigenvalue weighted by Crippen LogP contribution is -2.54. The molecule has 3 amide bonds. The summed E-state index contributed by atoms with van der Waals surface area (Å²) in [5, 5.41) is 2.94. The Morgan fingerprint density at radius 1 is 1.11 bits per heavy atom. The summed E-state index contributed by atoms with van der Waals surface area (Å²) < 4.78 is 33.9. The molecule has 0 unspecified atom stereocenters. The van der Waals surface area contributed by atoms with Crippen LogP contribution in [0, 0.1) is 5.92 Å². The molecule has 2 aliphatic rings. The summed E-state index contributed by atoms with van der Waals surface area (Å²) in [6.07, 6.45) is 1.75. The highest BCUT2D eigenvalue weighted by molar-refractivity contribution is 7.89. The van der Waals surface area contributed by atoms with Gasteiger partial charge in [-0.05, 0) is 55.9 Å². The lowest BCUT2D eigenvalue weighted by atomic mass is 10.0. The second kappa shape index (κ2) is 11.4. The van der Waals surface area contributed by atoms with Crippen molar-refractivity contribution >= 4 is 33.6 Å². The van der Waals surface area contributed by atoms with Crippen molar-refractivity contribution in [3.8, 4) is 0 Å². The fraction of sp³-hybridized carbons (Fsp3) is 0.625. The van der Waals surface area contributed by atoms with Gasteiger partial charge >= 0.3 is 6.09 Å². The number of benzene rings is 1. The summed E-state index contributed by atoms with van der Waals surface area (Å²) in [7, 11) is -3.97. The van der Waals surface area contributed by atoms with Gasteiger partial charge in [0, 0.05) is 37.8 Å². The zero-order chi connectivity index (χ0) is 25.8. The highest BCUT2D eigenvalue weighted by atomic mass is 32.2. The largest absolute Gasteiger partial charge is 0.450 e. The van der Waals surface area contributed by atoms with Gasteiger partial charge in [0.05, 0.1) is 11.5 Å². The Labute approximate surface area is 207 Å². The van der Waals surface area contributed by atoms with E-state index < -0.39 is 16.1 Å². The predicted octanol–water partition coefficient (Wildman–Crippen LogP) is 2.03. The highest BCUT2D eigenvalue weighted by Gasteiger charge is 2.32. The molecule has 2 N–H and O–H groups in total. The Morgan fingerprint density at radius 2 is 1.80 bits per heavy atom. The second-order valence-corrected chi connectivity index (χ2v) is 11.0. The molecule has 0 spiro atoms. The van der Waals surface area contributed by atoms with Crippen molar-refractivity contribution in [3.05, 3.63) is 23.8 Å². The molecule has 0 radical (unpaired) electrons. The summed E-state index contributed by atoms with van der Waals surface area (Å²) in [5.74, 6) is -0.669. The van der Waals surface area contributed by atoms with Crippen LogP contribution in [0.25, 0.3) is 0 Å². The van der Waals surface area contributed by atoms with E-state index in [1.165, 1.54) is 6.07 Å². The summed E-state index contributed by atoms with van der Waals surface area (Å²) in [4.78, 5) is 40.4. The van der Waals surface area contributed by atoms with Crippen LogP contribution < -0.4 is 14.9 Å². The molecule has 11 heteroatoms. The molecule has 194 valence electrons. The monoisotopic (exact) mass is 508 g/mol. The third kappa shape index (κ3) is 6.32. The lowest BCUT2D eigenvalue weighted by molar-refractivity contribution is -0.124. The minimum Gasteiger partial charge on any atom is -0.450 e. The smallest absolute Gasteiger partial charge is 0.409 e. The summed E-state index contributed by atoms with van der Waals surface area (Å²) >= 11 is 0. The molecule has 0 saturated carbocycles. The van der Waals surface area contributed by atoms with Gasteiger partial charge < -0.3 is 19.9 Å². The molecular weight excluding hydrogens is 472 g/mol. The maximum Gasteiger partial charge on any atom is 0.409 e. The van der Waals surface area contributed by atoms with Crippen molar-refractivity contribution < 1.29 is 27.5 Å². The normalized spacial score (nSPS) is 17.3. The number of rotatable bonds is 8. The van der Waals surface area contributed by atoms with Gasteiger partial charge in [0.2, 0.25) is 21.8 Å². The quantitative estimate of drug-likeness (QED) is 0.554. The van der Waals surface area contributed by atoms with Crippen molar-refractivity contribution in [1.29, 1.82) is 0 Å². The van der Waals surface area contributed by atoms with E-state index in [4.69, 9.17) is 4.74 Å².